The summed E-state index contributed by atoms with van der Waals surface area (Å²) >= 11 is 0. The van der Waals surface area contributed by atoms with E-state index in [1.165, 1.54) is 38.5 Å². The molecule has 0 aliphatic carbocycles. The number of rotatable bonds is 0. The Bertz CT molecular complexity index is 633. The van der Waals surface area contributed by atoms with E-state index in [1.54, 1.807) is 0 Å². The fourth-order valence-electron chi connectivity index (χ4n) is 8.65. The fraction of sp³-hybridized carbons (Fsp3) is 1.00. The summed E-state index contributed by atoms with van der Waals surface area (Å²) in [5.41, 5.74) is 0.777. The molecule has 12 unspecified atom stereocenters. The zero-order chi connectivity index (χ0) is 23.0. The first-order chi connectivity index (χ1) is 14.9. The number of hydrogen-bond donors (Lipinski definition) is 4. The zero-order valence-corrected chi connectivity index (χ0v) is 22.2. The third-order valence-electron chi connectivity index (χ3n) is 11.4. The van der Waals surface area contributed by atoms with E-state index in [9.17, 15) is 0 Å². The normalized spacial score (nSPS) is 54.8. The maximum Gasteiger partial charge on any atom is 0.0136 e. The van der Waals surface area contributed by atoms with Crippen LogP contribution in [0.25, 0.3) is 0 Å². The first-order valence-corrected chi connectivity index (χ1v) is 14.0. The molecular weight excluding hydrogens is 392 g/mol. The molecule has 0 spiro atoms. The van der Waals surface area contributed by atoms with Gasteiger partial charge in [-0.1, -0.05) is 55.4 Å². The van der Waals surface area contributed by atoms with Crippen LogP contribution < -0.4 is 21.3 Å². The highest BCUT2D eigenvalue weighted by Crippen LogP contribution is 2.44. The Labute approximate surface area is 198 Å². The molecule has 5 fully saturated rings. The molecule has 4 nitrogen and oxygen atoms in total. The van der Waals surface area contributed by atoms with E-state index in [1.807, 2.05) is 0 Å². The van der Waals surface area contributed by atoms with Gasteiger partial charge in [0.15, 0.2) is 0 Å². The summed E-state index contributed by atoms with van der Waals surface area (Å²) in [7, 11) is 0. The Hall–Kier alpha value is -0.160. The van der Waals surface area contributed by atoms with Gasteiger partial charge in [-0.05, 0) is 73.0 Å². The predicted molar refractivity (Wildman–Crippen MR) is 135 cm³/mol. The molecule has 5 aliphatic heterocycles. The van der Waals surface area contributed by atoms with Crippen LogP contribution in [0.3, 0.4) is 0 Å². The van der Waals surface area contributed by atoms with E-state index in [0.717, 1.165) is 23.7 Å². The van der Waals surface area contributed by atoms with Crippen LogP contribution in [0.5, 0.6) is 0 Å². The number of hydrogen-bond acceptors (Lipinski definition) is 4. The van der Waals surface area contributed by atoms with E-state index in [0.29, 0.717) is 59.2 Å². The zero-order valence-electron chi connectivity index (χ0n) is 22.2. The second kappa shape index (κ2) is 8.21. The number of nitrogens with one attached hydrogen (secondary N) is 4. The quantitative estimate of drug-likeness (QED) is 0.450. The lowest BCUT2D eigenvalue weighted by Crippen LogP contribution is -2.46. The molecule has 32 heavy (non-hydrogen) atoms. The summed E-state index contributed by atoms with van der Waals surface area (Å²) in [6.45, 7) is 20.1. The summed E-state index contributed by atoms with van der Waals surface area (Å²) in [4.78, 5) is 0. The molecule has 4 heteroatoms. The van der Waals surface area contributed by atoms with Crippen LogP contribution >= 0.6 is 0 Å². The lowest BCUT2D eigenvalue weighted by atomic mass is 9.77. The second-order valence-corrected chi connectivity index (χ2v) is 14.4. The van der Waals surface area contributed by atoms with Gasteiger partial charge in [0.1, 0.15) is 0 Å². The molecule has 0 saturated carbocycles. The van der Waals surface area contributed by atoms with Crippen LogP contribution in [0.15, 0.2) is 0 Å². The standard InChI is InChI=1S/C28H52N4/c1-15-17(3)23-11-25-27(5,6)13-19(29-25)9-20-14-28(7,8)26(30-20)12-24-18(4)16(2)22(32-24)10-21(15)31-23/h15-26,29-32H,9-14H2,1-8H3. The van der Waals surface area contributed by atoms with Crippen LogP contribution in [0, 0.1) is 34.5 Å². The van der Waals surface area contributed by atoms with Gasteiger partial charge in [0.25, 0.3) is 0 Å². The van der Waals surface area contributed by atoms with Gasteiger partial charge in [-0.2, -0.15) is 0 Å². The predicted octanol–water partition coefficient (Wildman–Crippen LogP) is 4.30. The first kappa shape index (κ1) is 23.6. The van der Waals surface area contributed by atoms with Gasteiger partial charge in [0, 0.05) is 48.3 Å². The van der Waals surface area contributed by atoms with Gasteiger partial charge in [-0.15, -0.1) is 0 Å². The van der Waals surface area contributed by atoms with Gasteiger partial charge in [-0.25, -0.2) is 0 Å². The molecule has 0 radical (unpaired) electrons. The maximum absolute atomic E-state index is 4.16. The average molecular weight is 445 g/mol. The molecule has 5 rings (SSSR count). The minimum atomic E-state index is 0.388. The highest BCUT2D eigenvalue weighted by Gasteiger charge is 2.50. The second-order valence-electron chi connectivity index (χ2n) is 14.4. The largest absolute Gasteiger partial charge is 0.311 e. The average Bonchev–Trinajstić information content (AvgIpc) is 3.32. The Morgan fingerprint density at radius 3 is 1.19 bits per heavy atom. The van der Waals surface area contributed by atoms with Crippen molar-refractivity contribution < 1.29 is 0 Å². The van der Waals surface area contributed by atoms with Gasteiger partial charge in [0.05, 0.1) is 0 Å². The van der Waals surface area contributed by atoms with Crippen LogP contribution in [-0.2, 0) is 0 Å². The summed E-state index contributed by atoms with van der Waals surface area (Å²) < 4.78 is 0. The molecule has 184 valence electrons. The Morgan fingerprint density at radius 2 is 0.812 bits per heavy atom. The lowest BCUT2D eigenvalue weighted by molar-refractivity contribution is 0.259. The molecule has 0 amide bonds. The van der Waals surface area contributed by atoms with E-state index < -0.39 is 0 Å². The molecule has 5 heterocycles. The smallest absolute Gasteiger partial charge is 0.0136 e. The van der Waals surface area contributed by atoms with Crippen LogP contribution in [0.1, 0.15) is 93.9 Å². The molecular formula is C28H52N4. The first-order valence-electron chi connectivity index (χ1n) is 14.0. The Kier molecular flexibility index (Phi) is 6.05. The number of fused-ring (bicyclic) bond motifs is 8. The van der Waals surface area contributed by atoms with Crippen molar-refractivity contribution in [1.29, 1.82) is 0 Å². The third kappa shape index (κ3) is 4.10. The highest BCUT2D eigenvalue weighted by molar-refractivity contribution is 5.08. The molecule has 5 aliphatic rings. The topological polar surface area (TPSA) is 48.1 Å². The fourth-order valence-corrected chi connectivity index (χ4v) is 8.65. The van der Waals surface area contributed by atoms with Gasteiger partial charge >= 0.3 is 0 Å². The highest BCUT2D eigenvalue weighted by atomic mass is 15.1. The van der Waals surface area contributed by atoms with E-state index in [4.69, 9.17) is 0 Å². The van der Waals surface area contributed by atoms with Gasteiger partial charge in [0.2, 0.25) is 0 Å². The molecule has 12 atom stereocenters. The van der Waals surface area contributed by atoms with Crippen molar-refractivity contribution in [3.63, 3.8) is 0 Å². The minimum Gasteiger partial charge on any atom is -0.311 e. The monoisotopic (exact) mass is 444 g/mol. The third-order valence-corrected chi connectivity index (χ3v) is 11.4. The van der Waals surface area contributed by atoms with Gasteiger partial charge < -0.3 is 21.3 Å². The summed E-state index contributed by atoms with van der Waals surface area (Å²) in [5.74, 6) is 3.04. The lowest BCUT2D eigenvalue weighted by Gasteiger charge is -2.31. The SMILES string of the molecule is CC1C2CC3NC(CC4NC(CC5CC(C)(C)C(CC(N2)C1C)N5)CC4(C)C)C(C)C3C. The van der Waals surface area contributed by atoms with E-state index >= 15 is 0 Å². The molecule has 0 aromatic rings. The van der Waals surface area contributed by atoms with Gasteiger partial charge in [-0.3, -0.25) is 0 Å². The molecule has 8 bridgehead atoms. The Morgan fingerprint density at radius 1 is 0.469 bits per heavy atom. The van der Waals surface area contributed by atoms with Crippen molar-refractivity contribution in [2.24, 2.45) is 34.5 Å². The van der Waals surface area contributed by atoms with Crippen LogP contribution in [-0.4, -0.2) is 48.3 Å². The van der Waals surface area contributed by atoms with Crippen LogP contribution in [0.2, 0.25) is 0 Å². The van der Waals surface area contributed by atoms with Crippen molar-refractivity contribution in [2.45, 2.75) is 142 Å². The summed E-state index contributed by atoms with van der Waals surface area (Å²) in [5, 5.41) is 16.6. The molecule has 5 saturated heterocycles. The van der Waals surface area contributed by atoms with E-state index in [-0.39, 0.29) is 0 Å². The van der Waals surface area contributed by atoms with Crippen molar-refractivity contribution in [3.8, 4) is 0 Å². The van der Waals surface area contributed by atoms with Crippen molar-refractivity contribution in [2.75, 3.05) is 0 Å². The molecule has 4 N–H and O–H groups in total. The Balaban J connectivity index is 1.42. The van der Waals surface area contributed by atoms with Crippen molar-refractivity contribution in [1.82, 2.24) is 21.3 Å². The molecule has 0 aromatic heterocycles. The maximum atomic E-state index is 4.16. The van der Waals surface area contributed by atoms with Crippen molar-refractivity contribution >= 4 is 0 Å². The summed E-state index contributed by atoms with van der Waals surface area (Å²) in [6.07, 6.45) is 7.79. The summed E-state index contributed by atoms with van der Waals surface area (Å²) in [6, 6.07) is 5.18. The van der Waals surface area contributed by atoms with Crippen LogP contribution in [0.4, 0.5) is 0 Å². The molecule has 0 aromatic carbocycles. The van der Waals surface area contributed by atoms with E-state index in [2.05, 4.69) is 76.7 Å². The van der Waals surface area contributed by atoms with Crippen molar-refractivity contribution in [3.05, 3.63) is 0 Å². The minimum absolute atomic E-state index is 0.388.